The maximum atomic E-state index is 12.5. The van der Waals surface area contributed by atoms with Gasteiger partial charge in [-0.3, -0.25) is 9.59 Å². The second kappa shape index (κ2) is 5.13. The average molecular weight is 291 g/mol. The first kappa shape index (κ1) is 13.5. The zero-order valence-electron chi connectivity index (χ0n) is 11.0. The Balaban J connectivity index is 1.80. The normalized spacial score (nSPS) is 31.2. The summed E-state index contributed by atoms with van der Waals surface area (Å²) in [7, 11) is 0. The minimum absolute atomic E-state index is 0.166. The molecule has 0 heterocycles. The van der Waals surface area contributed by atoms with Crippen molar-refractivity contribution in [1.82, 2.24) is 0 Å². The molecule has 4 nitrogen and oxygen atoms in total. The van der Waals surface area contributed by atoms with E-state index in [0.29, 0.717) is 10.6 Å². The molecule has 5 heteroatoms. The van der Waals surface area contributed by atoms with Gasteiger partial charge in [0.2, 0.25) is 5.91 Å². The quantitative estimate of drug-likeness (QED) is 0.750. The molecule has 2 saturated carbocycles. The van der Waals surface area contributed by atoms with Crippen LogP contribution in [0.4, 0.5) is 5.69 Å². The monoisotopic (exact) mass is 291 g/mol. The Labute approximate surface area is 123 Å². The Hall–Kier alpha value is -1.49. The van der Waals surface area contributed by atoms with Gasteiger partial charge in [-0.25, -0.2) is 0 Å². The number of para-hydroxylation sites is 1. The minimum atomic E-state index is -0.837. The number of anilines is 1. The van der Waals surface area contributed by atoms with Crippen LogP contribution in [0.3, 0.4) is 0 Å². The van der Waals surface area contributed by atoms with Gasteiger partial charge in [-0.05, 0) is 43.2 Å². The molecule has 0 saturated heterocycles. The highest BCUT2D eigenvalue weighted by molar-refractivity contribution is 7.80. The zero-order chi connectivity index (χ0) is 14.3. The third-order valence-corrected chi connectivity index (χ3v) is 5.06. The summed E-state index contributed by atoms with van der Waals surface area (Å²) in [4.78, 5) is 24.6. The summed E-state index contributed by atoms with van der Waals surface area (Å²) in [6, 6.07) is 7.25. The van der Waals surface area contributed by atoms with Crippen LogP contribution in [0, 0.1) is 23.7 Å². The smallest absolute Gasteiger partial charge is 0.307 e. The summed E-state index contributed by atoms with van der Waals surface area (Å²) >= 11 is 4.30. The van der Waals surface area contributed by atoms with E-state index in [1.165, 1.54) is 0 Å². The Morgan fingerprint density at radius 3 is 2.45 bits per heavy atom. The van der Waals surface area contributed by atoms with Crippen LogP contribution in [0.2, 0.25) is 0 Å². The zero-order valence-corrected chi connectivity index (χ0v) is 11.8. The van der Waals surface area contributed by atoms with Crippen molar-refractivity contribution in [2.24, 2.45) is 23.7 Å². The van der Waals surface area contributed by atoms with Gasteiger partial charge >= 0.3 is 5.97 Å². The van der Waals surface area contributed by atoms with Gasteiger partial charge in [0.1, 0.15) is 0 Å². The van der Waals surface area contributed by atoms with Crippen molar-refractivity contribution in [3.05, 3.63) is 24.3 Å². The molecule has 106 valence electrons. The second-order valence-electron chi connectivity index (χ2n) is 5.73. The van der Waals surface area contributed by atoms with E-state index in [0.717, 1.165) is 19.3 Å². The highest BCUT2D eigenvalue weighted by atomic mass is 32.1. The lowest BCUT2D eigenvalue weighted by Gasteiger charge is -2.27. The lowest BCUT2D eigenvalue weighted by molar-refractivity contribution is -0.148. The number of aliphatic carboxylic acids is 1. The van der Waals surface area contributed by atoms with Gasteiger partial charge in [-0.1, -0.05) is 12.1 Å². The number of fused-ring (bicyclic) bond motifs is 2. The molecule has 2 fully saturated rings. The SMILES string of the molecule is O=C(O)C1C2CCC(C2)C1C(=O)Nc1ccccc1S. The van der Waals surface area contributed by atoms with E-state index in [1.54, 1.807) is 12.1 Å². The minimum Gasteiger partial charge on any atom is -0.481 e. The molecule has 2 bridgehead atoms. The van der Waals surface area contributed by atoms with Crippen LogP contribution < -0.4 is 5.32 Å². The summed E-state index contributed by atoms with van der Waals surface area (Å²) < 4.78 is 0. The van der Waals surface area contributed by atoms with Crippen LogP contribution in [0.15, 0.2) is 29.2 Å². The predicted molar refractivity (Wildman–Crippen MR) is 77.8 cm³/mol. The van der Waals surface area contributed by atoms with Crippen molar-refractivity contribution in [2.45, 2.75) is 24.2 Å². The summed E-state index contributed by atoms with van der Waals surface area (Å²) in [5, 5.41) is 12.2. The van der Waals surface area contributed by atoms with Gasteiger partial charge in [0.05, 0.1) is 17.5 Å². The number of rotatable bonds is 3. The van der Waals surface area contributed by atoms with E-state index in [9.17, 15) is 14.7 Å². The molecular weight excluding hydrogens is 274 g/mol. The van der Waals surface area contributed by atoms with Gasteiger partial charge in [-0.2, -0.15) is 0 Å². The molecule has 2 N–H and O–H groups in total. The molecule has 3 rings (SSSR count). The number of carboxylic acids is 1. The van der Waals surface area contributed by atoms with Crippen LogP contribution in [0.1, 0.15) is 19.3 Å². The third kappa shape index (κ3) is 2.20. The lowest BCUT2D eigenvalue weighted by atomic mass is 9.78. The summed E-state index contributed by atoms with van der Waals surface area (Å²) in [5.74, 6) is -1.56. The molecule has 0 radical (unpaired) electrons. The van der Waals surface area contributed by atoms with Crippen molar-refractivity contribution in [3.8, 4) is 0 Å². The van der Waals surface area contributed by atoms with Crippen LogP contribution in [0.5, 0.6) is 0 Å². The number of thiol groups is 1. The maximum Gasteiger partial charge on any atom is 0.307 e. The Bertz CT molecular complexity index is 560. The van der Waals surface area contributed by atoms with Crippen molar-refractivity contribution in [3.63, 3.8) is 0 Å². The highest BCUT2D eigenvalue weighted by Gasteiger charge is 2.53. The molecule has 20 heavy (non-hydrogen) atoms. The molecule has 1 aromatic rings. The van der Waals surface area contributed by atoms with Crippen molar-refractivity contribution < 1.29 is 14.7 Å². The van der Waals surface area contributed by atoms with Crippen molar-refractivity contribution >= 4 is 30.2 Å². The van der Waals surface area contributed by atoms with E-state index in [-0.39, 0.29) is 17.7 Å². The number of carbonyl (C=O) groups excluding carboxylic acids is 1. The van der Waals surface area contributed by atoms with Gasteiger partial charge in [-0.15, -0.1) is 12.6 Å². The standard InChI is InChI=1S/C15H17NO3S/c17-14(16-10-3-1-2-4-11(10)20)12-8-5-6-9(7-8)13(12)15(18)19/h1-4,8-9,12-13,20H,5-7H2,(H,16,17)(H,18,19). The van der Waals surface area contributed by atoms with Crippen LogP contribution in [0.25, 0.3) is 0 Å². The second-order valence-corrected chi connectivity index (χ2v) is 6.21. The molecule has 0 aliphatic heterocycles. The number of hydrogen-bond acceptors (Lipinski definition) is 3. The fraction of sp³-hybridized carbons (Fsp3) is 0.467. The molecular formula is C15H17NO3S. The first-order valence-electron chi connectivity index (χ1n) is 6.89. The van der Waals surface area contributed by atoms with Gasteiger partial charge in [0.25, 0.3) is 0 Å². The molecule has 0 aromatic heterocycles. The molecule has 1 aromatic carbocycles. The molecule has 4 atom stereocenters. The van der Waals surface area contributed by atoms with E-state index in [1.807, 2.05) is 12.1 Å². The first-order valence-corrected chi connectivity index (χ1v) is 7.34. The van der Waals surface area contributed by atoms with Crippen molar-refractivity contribution in [2.75, 3.05) is 5.32 Å². The first-order chi connectivity index (χ1) is 9.58. The summed E-state index contributed by atoms with van der Waals surface area (Å²) in [6.07, 6.45) is 2.78. The third-order valence-electron chi connectivity index (χ3n) is 4.67. The Morgan fingerprint density at radius 2 is 1.80 bits per heavy atom. The largest absolute Gasteiger partial charge is 0.481 e. The van der Waals surface area contributed by atoms with Gasteiger partial charge in [0, 0.05) is 4.90 Å². The topological polar surface area (TPSA) is 66.4 Å². The van der Waals surface area contributed by atoms with Crippen LogP contribution >= 0.6 is 12.6 Å². The number of amides is 1. The van der Waals surface area contributed by atoms with E-state index in [4.69, 9.17) is 0 Å². The van der Waals surface area contributed by atoms with Gasteiger partial charge < -0.3 is 10.4 Å². The molecule has 2 aliphatic carbocycles. The summed E-state index contributed by atoms with van der Waals surface area (Å²) in [6.45, 7) is 0. The number of nitrogens with one attached hydrogen (secondary N) is 1. The number of carbonyl (C=O) groups is 2. The molecule has 4 unspecified atom stereocenters. The Kier molecular flexibility index (Phi) is 3.46. The highest BCUT2D eigenvalue weighted by Crippen LogP contribution is 2.52. The van der Waals surface area contributed by atoms with Crippen LogP contribution in [-0.4, -0.2) is 17.0 Å². The Morgan fingerprint density at radius 1 is 1.15 bits per heavy atom. The lowest BCUT2D eigenvalue weighted by Crippen LogP contribution is -2.37. The molecule has 1 amide bonds. The number of carboxylic acid groups (broad SMARTS) is 1. The van der Waals surface area contributed by atoms with E-state index >= 15 is 0 Å². The molecule has 2 aliphatic rings. The van der Waals surface area contributed by atoms with Gasteiger partial charge in [0.15, 0.2) is 0 Å². The number of benzene rings is 1. The predicted octanol–water partition coefficient (Wildman–Crippen LogP) is 2.66. The summed E-state index contributed by atoms with van der Waals surface area (Å²) in [5.41, 5.74) is 0.646. The number of hydrogen-bond donors (Lipinski definition) is 3. The fourth-order valence-electron chi connectivity index (χ4n) is 3.82. The maximum absolute atomic E-state index is 12.5. The average Bonchev–Trinajstić information content (AvgIpc) is 3.01. The van der Waals surface area contributed by atoms with E-state index < -0.39 is 17.8 Å². The van der Waals surface area contributed by atoms with E-state index in [2.05, 4.69) is 17.9 Å². The molecule has 0 spiro atoms. The van der Waals surface area contributed by atoms with Crippen molar-refractivity contribution in [1.29, 1.82) is 0 Å². The van der Waals surface area contributed by atoms with Crippen LogP contribution in [-0.2, 0) is 9.59 Å². The fourth-order valence-corrected chi connectivity index (χ4v) is 4.04.